The van der Waals surface area contributed by atoms with Crippen LogP contribution in [0.1, 0.15) is 37.7 Å². The molecule has 0 N–H and O–H groups in total. The van der Waals surface area contributed by atoms with Gasteiger partial charge in [-0.05, 0) is 49.9 Å². The molecular formula is C17H22ClNO2. The molecule has 21 heavy (non-hydrogen) atoms. The van der Waals surface area contributed by atoms with Gasteiger partial charge in [0.2, 0.25) is 0 Å². The Bertz CT molecular complexity index is 516. The van der Waals surface area contributed by atoms with Crippen LogP contribution in [0.2, 0.25) is 5.02 Å². The van der Waals surface area contributed by atoms with Gasteiger partial charge in [-0.25, -0.2) is 0 Å². The molecule has 1 aromatic rings. The van der Waals surface area contributed by atoms with Crippen LogP contribution < -0.4 is 0 Å². The van der Waals surface area contributed by atoms with Crippen LogP contribution >= 0.6 is 11.6 Å². The number of halogens is 1. The fraction of sp³-hybridized carbons (Fsp3) is 0.588. The van der Waals surface area contributed by atoms with E-state index in [1.807, 2.05) is 12.1 Å². The lowest BCUT2D eigenvalue weighted by atomic mass is 9.76. The number of carbonyl (C=O) groups excluding carboxylic acids is 1. The van der Waals surface area contributed by atoms with Crippen molar-refractivity contribution < 1.29 is 9.53 Å². The summed E-state index contributed by atoms with van der Waals surface area (Å²) >= 11 is 6.00. The predicted octanol–water partition coefficient (Wildman–Crippen LogP) is 3.47. The number of benzene rings is 1. The summed E-state index contributed by atoms with van der Waals surface area (Å²) in [6.07, 6.45) is 3.60. The van der Waals surface area contributed by atoms with E-state index >= 15 is 0 Å². The van der Waals surface area contributed by atoms with E-state index in [0.717, 1.165) is 11.4 Å². The average Bonchev–Trinajstić information content (AvgIpc) is 2.70. The molecule has 114 valence electrons. The molecule has 0 aliphatic carbocycles. The van der Waals surface area contributed by atoms with Crippen molar-refractivity contribution in [2.45, 2.75) is 44.2 Å². The fourth-order valence-electron chi connectivity index (χ4n) is 4.11. The summed E-state index contributed by atoms with van der Waals surface area (Å²) in [4.78, 5) is 13.7. The van der Waals surface area contributed by atoms with Gasteiger partial charge in [0.1, 0.15) is 0 Å². The van der Waals surface area contributed by atoms with E-state index in [1.54, 1.807) is 0 Å². The van der Waals surface area contributed by atoms with Crippen LogP contribution in [0, 0.1) is 5.92 Å². The molecule has 1 aromatic carbocycles. The van der Waals surface area contributed by atoms with Gasteiger partial charge in [-0.3, -0.25) is 4.79 Å². The highest BCUT2D eigenvalue weighted by Crippen LogP contribution is 2.46. The van der Waals surface area contributed by atoms with E-state index in [4.69, 9.17) is 16.3 Å². The Kier molecular flexibility index (Phi) is 4.23. The molecule has 0 radical (unpaired) electrons. The highest BCUT2D eigenvalue weighted by atomic mass is 35.5. The Morgan fingerprint density at radius 1 is 1.33 bits per heavy atom. The maximum atomic E-state index is 11.2. The molecular weight excluding hydrogens is 286 g/mol. The van der Waals surface area contributed by atoms with Gasteiger partial charge >= 0.3 is 5.97 Å². The average molecular weight is 308 g/mol. The molecule has 2 aliphatic heterocycles. The quantitative estimate of drug-likeness (QED) is 0.801. The molecule has 4 heteroatoms. The van der Waals surface area contributed by atoms with E-state index in [2.05, 4.69) is 24.1 Å². The maximum absolute atomic E-state index is 11.2. The van der Waals surface area contributed by atoms with Crippen molar-refractivity contribution in [3.63, 3.8) is 0 Å². The molecule has 2 aliphatic rings. The highest BCUT2D eigenvalue weighted by Gasteiger charge is 2.46. The summed E-state index contributed by atoms with van der Waals surface area (Å²) in [7, 11) is 2.21. The van der Waals surface area contributed by atoms with Crippen LogP contribution in [-0.2, 0) is 9.53 Å². The largest absolute Gasteiger partial charge is 0.465 e. The Morgan fingerprint density at radius 3 is 2.71 bits per heavy atom. The van der Waals surface area contributed by atoms with Gasteiger partial charge in [-0.2, -0.15) is 0 Å². The van der Waals surface area contributed by atoms with Gasteiger partial charge < -0.3 is 9.64 Å². The number of hydrogen-bond donors (Lipinski definition) is 0. The lowest BCUT2D eigenvalue weighted by Crippen LogP contribution is -2.47. The van der Waals surface area contributed by atoms with Gasteiger partial charge in [-0.1, -0.05) is 23.7 Å². The Labute approximate surface area is 131 Å². The SMILES string of the molecule is CC(=O)OC[C@@H]1C2CCC(C[C@@H]1c1ccc(Cl)cc1)N2C. The van der Waals surface area contributed by atoms with Crippen molar-refractivity contribution in [3.8, 4) is 0 Å². The highest BCUT2D eigenvalue weighted by molar-refractivity contribution is 6.30. The van der Waals surface area contributed by atoms with Crippen LogP contribution in [0.5, 0.6) is 0 Å². The molecule has 0 saturated carbocycles. The third-order valence-corrected chi connectivity index (χ3v) is 5.46. The number of ether oxygens (including phenoxy) is 1. The predicted molar refractivity (Wildman–Crippen MR) is 83.5 cm³/mol. The van der Waals surface area contributed by atoms with Crippen molar-refractivity contribution in [3.05, 3.63) is 34.9 Å². The monoisotopic (exact) mass is 307 g/mol. The van der Waals surface area contributed by atoms with Crippen LogP contribution in [0.25, 0.3) is 0 Å². The second-order valence-electron chi connectivity index (χ2n) is 6.32. The minimum Gasteiger partial charge on any atom is -0.465 e. The first-order chi connectivity index (χ1) is 10.1. The molecule has 2 heterocycles. The Morgan fingerprint density at radius 2 is 2.05 bits per heavy atom. The third-order valence-electron chi connectivity index (χ3n) is 5.21. The molecule has 2 unspecified atom stereocenters. The lowest BCUT2D eigenvalue weighted by molar-refractivity contribution is -0.143. The number of rotatable bonds is 3. The van der Waals surface area contributed by atoms with E-state index in [9.17, 15) is 4.79 Å². The van der Waals surface area contributed by atoms with Crippen molar-refractivity contribution in [1.29, 1.82) is 0 Å². The topological polar surface area (TPSA) is 29.5 Å². The fourth-order valence-corrected chi connectivity index (χ4v) is 4.24. The summed E-state index contributed by atoms with van der Waals surface area (Å²) in [6.45, 7) is 2.01. The van der Waals surface area contributed by atoms with E-state index in [0.29, 0.717) is 30.5 Å². The van der Waals surface area contributed by atoms with Gasteiger partial charge in [0.25, 0.3) is 0 Å². The molecule has 0 spiro atoms. The number of carbonyl (C=O) groups is 1. The molecule has 0 amide bonds. The molecule has 0 aromatic heterocycles. The molecule has 2 saturated heterocycles. The number of esters is 1. The van der Waals surface area contributed by atoms with Gasteiger partial charge in [0.05, 0.1) is 6.61 Å². The first-order valence-electron chi connectivity index (χ1n) is 7.67. The normalized spacial score (nSPS) is 32.1. The lowest BCUT2D eigenvalue weighted by Gasteiger charge is -2.43. The standard InChI is InChI=1S/C17H22ClNO2/c1-11(20)21-10-16-15(12-3-5-13(18)6-4-12)9-14-7-8-17(16)19(14)2/h3-6,14-17H,7-10H2,1-2H3/t14?,15-,16+,17?/m1/s1. The zero-order valence-electron chi connectivity index (χ0n) is 12.6. The number of fused-ring (bicyclic) bond motifs is 2. The molecule has 2 fully saturated rings. The van der Waals surface area contributed by atoms with Crippen LogP contribution in [-0.4, -0.2) is 36.6 Å². The Balaban J connectivity index is 1.85. The Hall–Kier alpha value is -1.06. The first-order valence-corrected chi connectivity index (χ1v) is 8.05. The number of hydrogen-bond acceptors (Lipinski definition) is 3. The molecule has 3 nitrogen and oxygen atoms in total. The molecule has 4 atom stereocenters. The number of nitrogens with zero attached hydrogens (tertiary/aromatic N) is 1. The van der Waals surface area contributed by atoms with Crippen molar-refractivity contribution in [2.75, 3.05) is 13.7 Å². The van der Waals surface area contributed by atoms with Crippen molar-refractivity contribution >= 4 is 17.6 Å². The zero-order valence-corrected chi connectivity index (χ0v) is 13.3. The first kappa shape index (κ1) is 14.9. The van der Waals surface area contributed by atoms with Crippen molar-refractivity contribution in [1.82, 2.24) is 4.90 Å². The molecule has 3 rings (SSSR count). The summed E-state index contributed by atoms with van der Waals surface area (Å²) in [6, 6.07) is 9.34. The maximum Gasteiger partial charge on any atom is 0.302 e. The van der Waals surface area contributed by atoms with E-state index < -0.39 is 0 Å². The number of piperidine rings is 1. The van der Waals surface area contributed by atoms with Crippen LogP contribution in [0.15, 0.2) is 24.3 Å². The molecule has 2 bridgehead atoms. The van der Waals surface area contributed by atoms with Crippen molar-refractivity contribution in [2.24, 2.45) is 5.92 Å². The summed E-state index contributed by atoms with van der Waals surface area (Å²) < 4.78 is 5.36. The smallest absolute Gasteiger partial charge is 0.302 e. The van der Waals surface area contributed by atoms with Gasteiger partial charge in [-0.15, -0.1) is 0 Å². The minimum atomic E-state index is -0.187. The summed E-state index contributed by atoms with van der Waals surface area (Å²) in [5.41, 5.74) is 1.32. The van der Waals surface area contributed by atoms with Gasteiger partial charge in [0, 0.05) is 29.9 Å². The third kappa shape index (κ3) is 2.95. The van der Waals surface area contributed by atoms with Gasteiger partial charge in [0.15, 0.2) is 0 Å². The second kappa shape index (κ2) is 5.98. The van der Waals surface area contributed by atoms with Crippen LogP contribution in [0.4, 0.5) is 0 Å². The van der Waals surface area contributed by atoms with E-state index in [1.165, 1.54) is 25.3 Å². The minimum absolute atomic E-state index is 0.187. The van der Waals surface area contributed by atoms with E-state index in [-0.39, 0.29) is 5.97 Å². The second-order valence-corrected chi connectivity index (χ2v) is 6.76. The zero-order chi connectivity index (χ0) is 15.0. The summed E-state index contributed by atoms with van der Waals surface area (Å²) in [5, 5.41) is 0.770. The van der Waals surface area contributed by atoms with Crippen LogP contribution in [0.3, 0.4) is 0 Å². The summed E-state index contributed by atoms with van der Waals surface area (Å²) in [5.74, 6) is 0.641.